The fraction of sp³-hybridized carbons (Fsp3) is 0.211. The summed E-state index contributed by atoms with van der Waals surface area (Å²) in [7, 11) is 0. The third kappa shape index (κ3) is 4.52. The summed E-state index contributed by atoms with van der Waals surface area (Å²) >= 11 is 0. The maximum Gasteiger partial charge on any atom is 0.233 e. The summed E-state index contributed by atoms with van der Waals surface area (Å²) in [6, 6.07) is 12.3. The van der Waals surface area contributed by atoms with Crippen molar-refractivity contribution >= 4 is 29.0 Å². The highest BCUT2D eigenvalue weighted by molar-refractivity contribution is 6.08. The zero-order chi connectivity index (χ0) is 17.7. The fourth-order valence-corrected chi connectivity index (χ4v) is 2.33. The van der Waals surface area contributed by atoms with Crippen LogP contribution in [-0.2, 0) is 9.59 Å². The number of carbonyl (C=O) groups excluding carboxylic acids is 3. The molecule has 124 valence electrons. The van der Waals surface area contributed by atoms with Crippen molar-refractivity contribution in [2.24, 2.45) is 0 Å². The number of carbonyl (C=O) groups is 3. The lowest BCUT2D eigenvalue weighted by molar-refractivity contribution is -0.123. The lowest BCUT2D eigenvalue weighted by Gasteiger charge is -2.11. The standard InChI is InChI=1S/C19H20N2O3/c1-12-5-4-6-13(2)19(12)21-18(24)11-17(23)20-16-9-7-15(8-10-16)14(3)22/h4-10H,11H2,1-3H3,(H,20,23)(H,21,24). The molecule has 5 heteroatoms. The second-order valence-corrected chi connectivity index (χ2v) is 5.67. The van der Waals surface area contributed by atoms with Gasteiger partial charge in [-0.05, 0) is 56.2 Å². The molecule has 0 radical (unpaired) electrons. The predicted molar refractivity (Wildman–Crippen MR) is 94.2 cm³/mol. The van der Waals surface area contributed by atoms with Gasteiger partial charge < -0.3 is 10.6 Å². The average molecular weight is 324 g/mol. The summed E-state index contributed by atoms with van der Waals surface area (Å²) in [6.07, 6.45) is -0.276. The SMILES string of the molecule is CC(=O)c1ccc(NC(=O)CC(=O)Nc2c(C)cccc2C)cc1. The van der Waals surface area contributed by atoms with Gasteiger partial charge in [0.25, 0.3) is 0 Å². The van der Waals surface area contributed by atoms with E-state index in [0.29, 0.717) is 11.3 Å². The van der Waals surface area contributed by atoms with Crippen LogP contribution >= 0.6 is 0 Å². The lowest BCUT2D eigenvalue weighted by Crippen LogP contribution is -2.22. The molecule has 0 saturated carbocycles. The lowest BCUT2D eigenvalue weighted by atomic mass is 10.1. The van der Waals surface area contributed by atoms with Crippen molar-refractivity contribution < 1.29 is 14.4 Å². The van der Waals surface area contributed by atoms with Gasteiger partial charge in [0.15, 0.2) is 5.78 Å². The van der Waals surface area contributed by atoms with Crippen molar-refractivity contribution in [3.05, 3.63) is 59.2 Å². The second-order valence-electron chi connectivity index (χ2n) is 5.67. The van der Waals surface area contributed by atoms with Crippen LogP contribution in [0.25, 0.3) is 0 Å². The molecule has 2 rings (SSSR count). The molecular weight excluding hydrogens is 304 g/mol. The van der Waals surface area contributed by atoms with E-state index in [1.165, 1.54) is 6.92 Å². The second kappa shape index (κ2) is 7.55. The Labute approximate surface area is 141 Å². The molecule has 0 aliphatic rings. The quantitative estimate of drug-likeness (QED) is 0.653. The van der Waals surface area contributed by atoms with Gasteiger partial charge in [-0.15, -0.1) is 0 Å². The van der Waals surface area contributed by atoms with Gasteiger partial charge in [-0.2, -0.15) is 0 Å². The third-order valence-corrected chi connectivity index (χ3v) is 3.64. The first-order valence-electron chi connectivity index (χ1n) is 7.63. The van der Waals surface area contributed by atoms with Gasteiger partial charge in [0.1, 0.15) is 6.42 Å². The van der Waals surface area contributed by atoms with Gasteiger partial charge >= 0.3 is 0 Å². The maximum absolute atomic E-state index is 12.0. The van der Waals surface area contributed by atoms with Crippen molar-refractivity contribution in [2.45, 2.75) is 27.2 Å². The minimum absolute atomic E-state index is 0.0409. The predicted octanol–water partition coefficient (Wildman–Crippen LogP) is 3.47. The zero-order valence-electron chi connectivity index (χ0n) is 14.0. The Hall–Kier alpha value is -2.95. The number of benzene rings is 2. The van der Waals surface area contributed by atoms with E-state index >= 15 is 0 Å². The van der Waals surface area contributed by atoms with Crippen molar-refractivity contribution in [3.63, 3.8) is 0 Å². The number of anilines is 2. The minimum Gasteiger partial charge on any atom is -0.326 e. The number of Topliss-reactive ketones (excluding diaryl/α,β-unsaturated/α-hetero) is 1. The highest BCUT2D eigenvalue weighted by Crippen LogP contribution is 2.19. The number of amides is 2. The molecule has 2 N–H and O–H groups in total. The van der Waals surface area contributed by atoms with E-state index in [2.05, 4.69) is 10.6 Å². The Morgan fingerprint density at radius 3 is 1.92 bits per heavy atom. The highest BCUT2D eigenvalue weighted by atomic mass is 16.2. The zero-order valence-corrected chi connectivity index (χ0v) is 14.0. The summed E-state index contributed by atoms with van der Waals surface area (Å²) < 4.78 is 0. The van der Waals surface area contributed by atoms with Gasteiger partial charge in [0.2, 0.25) is 11.8 Å². The van der Waals surface area contributed by atoms with E-state index in [1.807, 2.05) is 32.0 Å². The number of aryl methyl sites for hydroxylation is 2. The first-order chi connectivity index (χ1) is 11.4. The number of hydrogen-bond acceptors (Lipinski definition) is 3. The molecule has 0 atom stereocenters. The van der Waals surface area contributed by atoms with Crippen molar-refractivity contribution in [1.82, 2.24) is 0 Å². The van der Waals surface area contributed by atoms with E-state index in [1.54, 1.807) is 24.3 Å². The summed E-state index contributed by atoms with van der Waals surface area (Å²) in [4.78, 5) is 35.2. The Morgan fingerprint density at radius 1 is 0.833 bits per heavy atom. The van der Waals surface area contributed by atoms with Crippen LogP contribution in [0.3, 0.4) is 0 Å². The van der Waals surface area contributed by atoms with Crippen LogP contribution in [0.1, 0.15) is 34.8 Å². The molecule has 0 saturated heterocycles. The van der Waals surface area contributed by atoms with Gasteiger partial charge in [0, 0.05) is 16.9 Å². The third-order valence-electron chi connectivity index (χ3n) is 3.64. The van der Waals surface area contributed by atoms with Crippen LogP contribution in [0.15, 0.2) is 42.5 Å². The van der Waals surface area contributed by atoms with Crippen molar-refractivity contribution in [1.29, 1.82) is 0 Å². The Balaban J connectivity index is 1.94. The molecule has 0 aliphatic heterocycles. The maximum atomic E-state index is 12.0. The molecule has 0 fully saturated rings. The van der Waals surface area contributed by atoms with Crippen LogP contribution in [0.4, 0.5) is 11.4 Å². The van der Waals surface area contributed by atoms with E-state index in [-0.39, 0.29) is 18.1 Å². The molecule has 0 aliphatic carbocycles. The molecule has 0 aromatic heterocycles. The van der Waals surface area contributed by atoms with Gasteiger partial charge in [-0.25, -0.2) is 0 Å². The largest absolute Gasteiger partial charge is 0.326 e. The Morgan fingerprint density at radius 2 is 1.38 bits per heavy atom. The van der Waals surface area contributed by atoms with Crippen LogP contribution in [0.5, 0.6) is 0 Å². The normalized spacial score (nSPS) is 10.1. The Bertz CT molecular complexity index is 759. The fourth-order valence-electron chi connectivity index (χ4n) is 2.33. The molecule has 5 nitrogen and oxygen atoms in total. The van der Waals surface area contributed by atoms with E-state index < -0.39 is 5.91 Å². The first kappa shape index (κ1) is 17.4. The molecule has 0 spiro atoms. The molecule has 0 heterocycles. The highest BCUT2D eigenvalue weighted by Gasteiger charge is 2.12. The number of rotatable bonds is 5. The van der Waals surface area contributed by atoms with Crippen molar-refractivity contribution in [3.8, 4) is 0 Å². The number of para-hydroxylation sites is 1. The van der Waals surface area contributed by atoms with Gasteiger partial charge in [0.05, 0.1) is 0 Å². The summed E-state index contributed by atoms with van der Waals surface area (Å²) in [5.41, 5.74) is 3.75. The number of hydrogen-bond donors (Lipinski definition) is 2. The monoisotopic (exact) mass is 324 g/mol. The van der Waals surface area contributed by atoms with Crippen LogP contribution in [0.2, 0.25) is 0 Å². The van der Waals surface area contributed by atoms with E-state index in [9.17, 15) is 14.4 Å². The minimum atomic E-state index is -0.408. The molecule has 24 heavy (non-hydrogen) atoms. The van der Waals surface area contributed by atoms with Crippen LogP contribution in [0, 0.1) is 13.8 Å². The smallest absolute Gasteiger partial charge is 0.233 e. The van der Waals surface area contributed by atoms with Crippen LogP contribution < -0.4 is 10.6 Å². The number of ketones is 1. The van der Waals surface area contributed by atoms with E-state index in [0.717, 1.165) is 16.8 Å². The van der Waals surface area contributed by atoms with Gasteiger partial charge in [-0.1, -0.05) is 18.2 Å². The molecule has 0 bridgehead atoms. The molecule has 0 unspecified atom stereocenters. The molecule has 2 amide bonds. The molecule has 2 aromatic carbocycles. The molecular formula is C19H20N2O3. The van der Waals surface area contributed by atoms with Crippen molar-refractivity contribution in [2.75, 3.05) is 10.6 Å². The Kier molecular flexibility index (Phi) is 5.47. The molecule has 2 aromatic rings. The topological polar surface area (TPSA) is 75.3 Å². The summed E-state index contributed by atoms with van der Waals surface area (Å²) in [6.45, 7) is 5.28. The van der Waals surface area contributed by atoms with Crippen LogP contribution in [-0.4, -0.2) is 17.6 Å². The van der Waals surface area contributed by atoms with Gasteiger partial charge in [-0.3, -0.25) is 14.4 Å². The first-order valence-corrected chi connectivity index (χ1v) is 7.63. The summed E-state index contributed by atoms with van der Waals surface area (Å²) in [5, 5.41) is 5.42. The average Bonchev–Trinajstić information content (AvgIpc) is 2.51. The number of nitrogens with one attached hydrogen (secondary N) is 2. The van der Waals surface area contributed by atoms with E-state index in [4.69, 9.17) is 0 Å². The summed E-state index contributed by atoms with van der Waals surface area (Å²) in [5.74, 6) is -0.819.